The van der Waals surface area contributed by atoms with Gasteiger partial charge in [-0.2, -0.15) is 0 Å². The number of carbonyl (C=O) groups excluding carboxylic acids is 1. The molecule has 1 atom stereocenters. The van der Waals surface area contributed by atoms with Gasteiger partial charge in [-0.15, -0.1) is 0 Å². The van der Waals surface area contributed by atoms with E-state index in [0.717, 1.165) is 23.3 Å². The first-order valence-electron chi connectivity index (χ1n) is 12.2. The standard InChI is InChI=1S/C28H30ClN3O3S/c1-5-16-35-22-14-8-19(9-15-22)17-23-26(33)32-25(20-10-12-21(29)13-11-20)24(18(4)30-28(32)36-23)27(34)31(6-2)7-3/h8-15,17,25H,5-7,16H2,1-4H3/b23-17-/t25-/m0/s1. The normalized spacial score (nSPS) is 15.5. The maximum absolute atomic E-state index is 13.7. The number of halogens is 1. The molecule has 0 N–H and O–H groups in total. The third-order valence-corrected chi connectivity index (χ3v) is 7.37. The molecule has 4 rings (SSSR count). The van der Waals surface area contributed by atoms with Crippen molar-refractivity contribution in [2.75, 3.05) is 19.7 Å². The van der Waals surface area contributed by atoms with Crippen LogP contribution in [0.5, 0.6) is 5.75 Å². The molecule has 1 aliphatic rings. The Morgan fingerprint density at radius 3 is 2.39 bits per heavy atom. The summed E-state index contributed by atoms with van der Waals surface area (Å²) in [4.78, 5) is 34.4. The second-order valence-electron chi connectivity index (χ2n) is 8.53. The number of benzene rings is 2. The first kappa shape index (κ1) is 25.9. The van der Waals surface area contributed by atoms with Crippen LogP contribution in [0.25, 0.3) is 6.08 Å². The second kappa shape index (κ2) is 11.3. The number of rotatable bonds is 8. The topological polar surface area (TPSA) is 63.9 Å². The maximum atomic E-state index is 13.7. The van der Waals surface area contributed by atoms with Gasteiger partial charge in [-0.3, -0.25) is 14.2 Å². The zero-order chi connectivity index (χ0) is 25.8. The average molecular weight is 524 g/mol. The van der Waals surface area contributed by atoms with Gasteiger partial charge in [0.05, 0.1) is 28.5 Å². The minimum atomic E-state index is -0.585. The Morgan fingerprint density at radius 1 is 1.11 bits per heavy atom. The molecule has 0 spiro atoms. The van der Waals surface area contributed by atoms with Gasteiger partial charge >= 0.3 is 0 Å². The van der Waals surface area contributed by atoms with Crippen molar-refractivity contribution in [2.45, 2.75) is 40.2 Å². The van der Waals surface area contributed by atoms with Crippen LogP contribution in [-0.2, 0) is 4.79 Å². The predicted molar refractivity (Wildman–Crippen MR) is 145 cm³/mol. The van der Waals surface area contributed by atoms with Gasteiger partial charge in [-0.1, -0.05) is 54.1 Å². The SMILES string of the molecule is CCCOc1ccc(/C=c2\sc3n(c2=O)[C@@H](c2ccc(Cl)cc2)C(C(=O)N(CC)CC)=C(C)N=3)cc1. The van der Waals surface area contributed by atoms with Crippen LogP contribution < -0.4 is 19.6 Å². The highest BCUT2D eigenvalue weighted by Crippen LogP contribution is 2.31. The zero-order valence-corrected chi connectivity index (χ0v) is 22.5. The van der Waals surface area contributed by atoms with Crippen LogP contribution >= 0.6 is 22.9 Å². The van der Waals surface area contributed by atoms with E-state index >= 15 is 0 Å². The minimum Gasteiger partial charge on any atom is -0.494 e. The third kappa shape index (κ3) is 5.18. The summed E-state index contributed by atoms with van der Waals surface area (Å²) in [6.07, 6.45) is 2.80. The van der Waals surface area contributed by atoms with Gasteiger partial charge in [0.25, 0.3) is 11.5 Å². The van der Waals surface area contributed by atoms with E-state index < -0.39 is 6.04 Å². The monoisotopic (exact) mass is 523 g/mol. The van der Waals surface area contributed by atoms with Crippen LogP contribution in [0.1, 0.15) is 51.3 Å². The molecule has 0 unspecified atom stereocenters. The molecule has 2 heterocycles. The molecule has 0 radical (unpaired) electrons. The lowest BCUT2D eigenvalue weighted by Gasteiger charge is -2.29. The summed E-state index contributed by atoms with van der Waals surface area (Å²) in [5.41, 5.74) is 2.66. The molecule has 188 valence electrons. The lowest BCUT2D eigenvalue weighted by atomic mass is 9.94. The van der Waals surface area contributed by atoms with Crippen molar-refractivity contribution in [2.24, 2.45) is 4.99 Å². The fourth-order valence-electron chi connectivity index (χ4n) is 4.27. The van der Waals surface area contributed by atoms with Crippen molar-refractivity contribution < 1.29 is 9.53 Å². The molecule has 6 nitrogen and oxygen atoms in total. The largest absolute Gasteiger partial charge is 0.494 e. The molecule has 0 saturated carbocycles. The Labute approximate surface area is 219 Å². The van der Waals surface area contributed by atoms with Gasteiger partial charge in [0.1, 0.15) is 5.75 Å². The van der Waals surface area contributed by atoms with Crippen LogP contribution in [0.15, 0.2) is 69.6 Å². The van der Waals surface area contributed by atoms with E-state index in [0.29, 0.717) is 45.3 Å². The summed E-state index contributed by atoms with van der Waals surface area (Å²) >= 11 is 7.48. The van der Waals surface area contributed by atoms with Gasteiger partial charge < -0.3 is 9.64 Å². The van der Waals surface area contributed by atoms with Crippen LogP contribution in [0.2, 0.25) is 5.02 Å². The highest BCUT2D eigenvalue weighted by molar-refractivity contribution is 7.07. The molecule has 36 heavy (non-hydrogen) atoms. The van der Waals surface area contributed by atoms with Crippen molar-refractivity contribution >= 4 is 34.9 Å². The van der Waals surface area contributed by atoms with Crippen LogP contribution in [0.4, 0.5) is 0 Å². The highest BCUT2D eigenvalue weighted by Gasteiger charge is 2.34. The number of amides is 1. The van der Waals surface area contributed by atoms with Crippen molar-refractivity contribution in [3.05, 3.63) is 95.6 Å². The average Bonchev–Trinajstić information content (AvgIpc) is 3.18. The Morgan fingerprint density at radius 2 is 1.78 bits per heavy atom. The number of carbonyl (C=O) groups is 1. The highest BCUT2D eigenvalue weighted by atomic mass is 35.5. The summed E-state index contributed by atoms with van der Waals surface area (Å²) in [7, 11) is 0. The number of aromatic nitrogens is 1. The Kier molecular flexibility index (Phi) is 8.11. The number of hydrogen-bond acceptors (Lipinski definition) is 5. The van der Waals surface area contributed by atoms with E-state index in [1.165, 1.54) is 11.3 Å². The third-order valence-electron chi connectivity index (χ3n) is 6.14. The van der Waals surface area contributed by atoms with Crippen molar-refractivity contribution in [1.82, 2.24) is 9.47 Å². The lowest BCUT2D eigenvalue weighted by Crippen LogP contribution is -2.43. The van der Waals surface area contributed by atoms with E-state index in [1.807, 2.05) is 63.2 Å². The molecule has 3 aromatic rings. The summed E-state index contributed by atoms with van der Waals surface area (Å²) in [5.74, 6) is 0.687. The van der Waals surface area contributed by atoms with Gasteiger partial charge in [-0.05, 0) is 68.7 Å². The second-order valence-corrected chi connectivity index (χ2v) is 9.97. The molecule has 8 heteroatoms. The van der Waals surface area contributed by atoms with Crippen molar-refractivity contribution in [3.8, 4) is 5.75 Å². The number of ether oxygens (including phenoxy) is 1. The number of hydrogen-bond donors (Lipinski definition) is 0. The molecule has 1 aromatic heterocycles. The smallest absolute Gasteiger partial charge is 0.271 e. The fourth-order valence-corrected chi connectivity index (χ4v) is 5.44. The lowest BCUT2D eigenvalue weighted by molar-refractivity contribution is -0.127. The summed E-state index contributed by atoms with van der Waals surface area (Å²) in [6.45, 7) is 9.60. The first-order valence-corrected chi connectivity index (χ1v) is 13.4. The number of likely N-dealkylation sites (N-methyl/N-ethyl adjacent to an activating group) is 1. The van der Waals surface area contributed by atoms with Crippen molar-refractivity contribution in [1.29, 1.82) is 0 Å². The zero-order valence-electron chi connectivity index (χ0n) is 21.0. The van der Waals surface area contributed by atoms with Crippen molar-refractivity contribution in [3.63, 3.8) is 0 Å². The first-order chi connectivity index (χ1) is 17.4. The van der Waals surface area contributed by atoms with Gasteiger partial charge in [0, 0.05) is 18.1 Å². The molecule has 1 amide bonds. The van der Waals surface area contributed by atoms with Gasteiger partial charge in [0.2, 0.25) is 0 Å². The molecule has 0 fully saturated rings. The maximum Gasteiger partial charge on any atom is 0.271 e. The number of nitrogens with zero attached hydrogens (tertiary/aromatic N) is 3. The molecule has 1 aliphatic heterocycles. The molecule has 0 aliphatic carbocycles. The Hall–Kier alpha value is -3.16. The fraction of sp³-hybridized carbons (Fsp3) is 0.321. The number of fused-ring (bicyclic) bond motifs is 1. The van der Waals surface area contributed by atoms with E-state index in [1.54, 1.807) is 21.6 Å². The number of thiazole rings is 1. The van der Waals surface area contributed by atoms with E-state index in [-0.39, 0.29) is 11.5 Å². The van der Waals surface area contributed by atoms with Gasteiger partial charge in [-0.25, -0.2) is 4.99 Å². The molecule has 2 aromatic carbocycles. The van der Waals surface area contributed by atoms with E-state index in [4.69, 9.17) is 21.3 Å². The minimum absolute atomic E-state index is 0.113. The molecular weight excluding hydrogens is 494 g/mol. The summed E-state index contributed by atoms with van der Waals surface area (Å²) in [5, 5.41) is 0.592. The Balaban J connectivity index is 1.85. The van der Waals surface area contributed by atoms with Crippen LogP contribution in [-0.4, -0.2) is 35.1 Å². The van der Waals surface area contributed by atoms with Crippen LogP contribution in [0.3, 0.4) is 0 Å². The molecular formula is C28H30ClN3O3S. The number of allylic oxidation sites excluding steroid dienone is 1. The Bertz CT molecular complexity index is 1450. The van der Waals surface area contributed by atoms with Gasteiger partial charge in [0.15, 0.2) is 4.80 Å². The predicted octanol–water partition coefficient (Wildman–Crippen LogP) is 4.55. The van der Waals surface area contributed by atoms with Crippen LogP contribution in [0, 0.1) is 0 Å². The molecule has 0 saturated heterocycles. The molecule has 0 bridgehead atoms. The van der Waals surface area contributed by atoms with E-state index in [9.17, 15) is 9.59 Å². The summed E-state index contributed by atoms with van der Waals surface area (Å²) in [6, 6.07) is 14.4. The quantitative estimate of drug-likeness (QED) is 0.435. The van der Waals surface area contributed by atoms with E-state index in [2.05, 4.69) is 6.92 Å². The summed E-state index contributed by atoms with van der Waals surface area (Å²) < 4.78 is 7.86.